The van der Waals surface area contributed by atoms with Gasteiger partial charge in [-0.25, -0.2) is 9.78 Å². The largest absolute Gasteiger partial charge is 0.465 e. The molecule has 0 atom stereocenters. The summed E-state index contributed by atoms with van der Waals surface area (Å²) in [5, 5.41) is 0.833. The van der Waals surface area contributed by atoms with Crippen LogP contribution in [-0.4, -0.2) is 32.0 Å². The molecule has 1 aliphatic heterocycles. The topological polar surface area (TPSA) is 66.9 Å². The number of hydrogen-bond acceptors (Lipinski definition) is 6. The van der Waals surface area contributed by atoms with E-state index in [2.05, 4.69) is 4.98 Å². The average Bonchev–Trinajstić information content (AvgIpc) is 2.93. The maximum atomic E-state index is 12.0. The molecule has 1 aliphatic rings. The second kappa shape index (κ2) is 5.21. The van der Waals surface area contributed by atoms with Gasteiger partial charge in [0.15, 0.2) is 11.5 Å². The number of fused-ring (bicyclic) bond motifs is 2. The summed E-state index contributed by atoms with van der Waals surface area (Å²) in [6, 6.07) is 3.65. The summed E-state index contributed by atoms with van der Waals surface area (Å²) in [5.41, 5.74) is 2.51. The van der Waals surface area contributed by atoms with Crippen LogP contribution < -0.4 is 9.47 Å². The number of nitrogens with zero attached hydrogens (tertiary/aromatic N) is 1. The number of carbonyl (C=O) groups excluding carboxylic acids is 1. The Bertz CT molecular complexity index is 726. The van der Waals surface area contributed by atoms with Crippen molar-refractivity contribution in [3.05, 3.63) is 29.0 Å². The van der Waals surface area contributed by atoms with Crippen LogP contribution in [0.3, 0.4) is 0 Å². The number of aromatic nitrogens is 1. The van der Waals surface area contributed by atoms with Crippen molar-refractivity contribution in [2.45, 2.75) is 13.5 Å². The zero-order chi connectivity index (χ0) is 15.0. The quantitative estimate of drug-likeness (QED) is 0.807. The van der Waals surface area contributed by atoms with Gasteiger partial charge in [-0.3, -0.25) is 0 Å². The molecule has 2 aromatic rings. The van der Waals surface area contributed by atoms with Gasteiger partial charge < -0.3 is 18.9 Å². The van der Waals surface area contributed by atoms with E-state index in [1.165, 1.54) is 7.11 Å². The van der Waals surface area contributed by atoms with Crippen molar-refractivity contribution in [1.29, 1.82) is 0 Å². The van der Waals surface area contributed by atoms with Crippen molar-refractivity contribution in [1.82, 2.24) is 4.98 Å². The highest BCUT2D eigenvalue weighted by molar-refractivity contribution is 5.99. The Labute approximate surface area is 121 Å². The maximum Gasteiger partial charge on any atom is 0.340 e. The van der Waals surface area contributed by atoms with E-state index in [9.17, 15) is 4.79 Å². The van der Waals surface area contributed by atoms with Gasteiger partial charge in [0.25, 0.3) is 0 Å². The molecule has 21 heavy (non-hydrogen) atoms. The fourth-order valence-corrected chi connectivity index (χ4v) is 2.49. The van der Waals surface area contributed by atoms with Gasteiger partial charge in [0.2, 0.25) is 6.79 Å². The number of hydrogen-bond donors (Lipinski definition) is 0. The zero-order valence-electron chi connectivity index (χ0n) is 12.1. The van der Waals surface area contributed by atoms with E-state index in [1.54, 1.807) is 7.11 Å². The van der Waals surface area contributed by atoms with Crippen LogP contribution in [0.15, 0.2) is 12.1 Å². The summed E-state index contributed by atoms with van der Waals surface area (Å²) in [6.45, 7) is 2.28. The molecule has 0 radical (unpaired) electrons. The summed E-state index contributed by atoms with van der Waals surface area (Å²) in [6.07, 6.45) is 0. The summed E-state index contributed by atoms with van der Waals surface area (Å²) >= 11 is 0. The summed E-state index contributed by atoms with van der Waals surface area (Å²) in [5.74, 6) is 0.887. The molecule has 0 spiro atoms. The lowest BCUT2D eigenvalue weighted by atomic mass is 10.0. The molecule has 0 aliphatic carbocycles. The Kier molecular flexibility index (Phi) is 3.39. The van der Waals surface area contributed by atoms with E-state index in [1.807, 2.05) is 19.1 Å². The van der Waals surface area contributed by atoms with Crippen molar-refractivity contribution >= 4 is 16.9 Å². The third-order valence-corrected chi connectivity index (χ3v) is 3.48. The molecule has 1 aromatic heterocycles. The Balaban J connectivity index is 2.29. The molecule has 2 heterocycles. The fraction of sp³-hybridized carbons (Fsp3) is 0.333. The molecular formula is C15H15NO5. The summed E-state index contributed by atoms with van der Waals surface area (Å²) in [4.78, 5) is 16.5. The highest BCUT2D eigenvalue weighted by atomic mass is 16.7. The molecule has 3 rings (SSSR count). The second-order valence-electron chi connectivity index (χ2n) is 4.71. The average molecular weight is 289 g/mol. The van der Waals surface area contributed by atoms with E-state index >= 15 is 0 Å². The number of carbonyl (C=O) groups is 1. The van der Waals surface area contributed by atoms with E-state index in [-0.39, 0.29) is 13.4 Å². The lowest BCUT2D eigenvalue weighted by molar-refractivity contribution is 0.0594. The smallest absolute Gasteiger partial charge is 0.340 e. The van der Waals surface area contributed by atoms with Crippen LogP contribution in [0.5, 0.6) is 11.5 Å². The summed E-state index contributed by atoms with van der Waals surface area (Å²) in [7, 11) is 2.91. The molecule has 0 saturated carbocycles. The molecule has 0 N–H and O–H groups in total. The predicted molar refractivity (Wildman–Crippen MR) is 74.7 cm³/mol. The highest BCUT2D eigenvalue weighted by Gasteiger charge is 2.22. The third kappa shape index (κ3) is 2.17. The van der Waals surface area contributed by atoms with Gasteiger partial charge in [0.05, 0.1) is 30.5 Å². The Morgan fingerprint density at radius 3 is 2.67 bits per heavy atom. The normalized spacial score (nSPS) is 12.7. The number of rotatable bonds is 3. The first-order valence-electron chi connectivity index (χ1n) is 6.45. The van der Waals surface area contributed by atoms with Crippen LogP contribution in [0.2, 0.25) is 0 Å². The van der Waals surface area contributed by atoms with Crippen LogP contribution >= 0.6 is 0 Å². The van der Waals surface area contributed by atoms with E-state index in [4.69, 9.17) is 18.9 Å². The molecule has 0 saturated heterocycles. The van der Waals surface area contributed by atoms with E-state index < -0.39 is 5.97 Å². The van der Waals surface area contributed by atoms with E-state index in [0.29, 0.717) is 22.8 Å². The first-order valence-corrected chi connectivity index (χ1v) is 6.45. The minimum Gasteiger partial charge on any atom is -0.465 e. The molecule has 0 bridgehead atoms. The first-order chi connectivity index (χ1) is 10.2. The molecule has 6 heteroatoms. The van der Waals surface area contributed by atoms with Crippen molar-refractivity contribution in [2.75, 3.05) is 21.0 Å². The Hall–Kier alpha value is -2.34. The number of benzene rings is 1. The fourth-order valence-electron chi connectivity index (χ4n) is 2.49. The minimum atomic E-state index is -0.424. The number of aryl methyl sites for hydroxylation is 1. The van der Waals surface area contributed by atoms with Gasteiger partial charge in [-0.05, 0) is 18.6 Å². The SMILES string of the molecule is COCc1nc2cc3c(cc2c(C)c1C(=O)OC)OCO3. The lowest BCUT2D eigenvalue weighted by Crippen LogP contribution is -2.11. The predicted octanol–water partition coefficient (Wildman–Crippen LogP) is 2.20. The third-order valence-electron chi connectivity index (χ3n) is 3.48. The zero-order valence-corrected chi connectivity index (χ0v) is 12.1. The van der Waals surface area contributed by atoms with Crippen LogP contribution in [-0.2, 0) is 16.1 Å². The van der Waals surface area contributed by atoms with Crippen molar-refractivity contribution in [3.8, 4) is 11.5 Å². The number of methoxy groups -OCH3 is 2. The Morgan fingerprint density at radius 2 is 2.00 bits per heavy atom. The van der Waals surface area contributed by atoms with Crippen LogP contribution in [0, 0.1) is 6.92 Å². The Morgan fingerprint density at radius 1 is 1.29 bits per heavy atom. The van der Waals surface area contributed by atoms with Crippen molar-refractivity contribution < 1.29 is 23.7 Å². The molecule has 110 valence electrons. The summed E-state index contributed by atoms with van der Waals surface area (Å²) < 4.78 is 20.7. The van der Waals surface area contributed by atoms with Crippen molar-refractivity contribution in [2.24, 2.45) is 0 Å². The van der Waals surface area contributed by atoms with Gasteiger partial charge in [0.1, 0.15) is 0 Å². The molecule has 0 unspecified atom stereocenters. The molecule has 6 nitrogen and oxygen atoms in total. The molecule has 0 amide bonds. The molecule has 0 fully saturated rings. The van der Waals surface area contributed by atoms with Gasteiger partial charge in [-0.2, -0.15) is 0 Å². The standard InChI is InChI=1S/C15H15NO5/c1-8-9-4-12-13(21-7-20-12)5-10(9)16-11(6-18-2)14(8)15(17)19-3/h4-5H,6-7H2,1-3H3. The van der Waals surface area contributed by atoms with Crippen LogP contribution in [0.25, 0.3) is 10.9 Å². The van der Waals surface area contributed by atoms with Gasteiger partial charge >= 0.3 is 5.97 Å². The number of ether oxygens (including phenoxy) is 4. The van der Waals surface area contributed by atoms with E-state index in [0.717, 1.165) is 16.5 Å². The highest BCUT2D eigenvalue weighted by Crippen LogP contribution is 2.37. The van der Waals surface area contributed by atoms with Crippen LogP contribution in [0.1, 0.15) is 21.6 Å². The second-order valence-corrected chi connectivity index (χ2v) is 4.71. The van der Waals surface area contributed by atoms with Crippen molar-refractivity contribution in [3.63, 3.8) is 0 Å². The van der Waals surface area contributed by atoms with Gasteiger partial charge in [-0.1, -0.05) is 0 Å². The monoisotopic (exact) mass is 289 g/mol. The lowest BCUT2D eigenvalue weighted by Gasteiger charge is -2.13. The number of esters is 1. The number of pyridine rings is 1. The molecular weight excluding hydrogens is 274 g/mol. The molecule has 1 aromatic carbocycles. The van der Waals surface area contributed by atoms with Crippen LogP contribution in [0.4, 0.5) is 0 Å². The maximum absolute atomic E-state index is 12.0. The minimum absolute atomic E-state index is 0.194. The van der Waals surface area contributed by atoms with Gasteiger partial charge in [-0.15, -0.1) is 0 Å². The van der Waals surface area contributed by atoms with Gasteiger partial charge in [0, 0.05) is 18.6 Å². The first kappa shape index (κ1) is 13.6.